The van der Waals surface area contributed by atoms with Crippen molar-refractivity contribution in [3.05, 3.63) is 66.1 Å². The monoisotopic (exact) mass is 437 g/mol. The molecule has 5 heteroatoms. The van der Waals surface area contributed by atoms with E-state index < -0.39 is 12.2 Å². The van der Waals surface area contributed by atoms with Gasteiger partial charge in [0.25, 0.3) is 0 Å². The first-order valence-electron chi connectivity index (χ1n) is 11.1. The zero-order valence-corrected chi connectivity index (χ0v) is 19.1. The van der Waals surface area contributed by atoms with Gasteiger partial charge in [-0.3, -0.25) is 4.79 Å². The predicted molar refractivity (Wildman–Crippen MR) is 128 cm³/mol. The Morgan fingerprint density at radius 2 is 1.69 bits per heavy atom. The fraction of sp³-hybridized carbons (Fsp3) is 0.370. The third kappa shape index (κ3) is 5.34. The number of benzene rings is 2. The second-order valence-electron chi connectivity index (χ2n) is 8.89. The van der Waals surface area contributed by atoms with Gasteiger partial charge in [-0.1, -0.05) is 50.3 Å². The van der Waals surface area contributed by atoms with E-state index in [1.54, 1.807) is 32.1 Å². The second-order valence-corrected chi connectivity index (χ2v) is 8.89. The number of aliphatic hydroxyl groups is 2. The van der Waals surface area contributed by atoms with Crippen LogP contribution in [0.1, 0.15) is 52.3 Å². The fourth-order valence-corrected chi connectivity index (χ4v) is 4.03. The number of hydrogen-bond acceptors (Lipinski definition) is 3. The number of rotatable bonds is 9. The summed E-state index contributed by atoms with van der Waals surface area (Å²) in [6.45, 7) is 7.78. The molecule has 0 aliphatic rings. The molecule has 2 aromatic carbocycles. The number of carbonyl (C=O) groups excluding carboxylic acids is 1. The van der Waals surface area contributed by atoms with Gasteiger partial charge in [-0.05, 0) is 43.7 Å². The van der Waals surface area contributed by atoms with Crippen LogP contribution in [0.4, 0.5) is 4.39 Å². The van der Waals surface area contributed by atoms with Crippen LogP contribution >= 0.6 is 0 Å². The van der Waals surface area contributed by atoms with Crippen LogP contribution in [0.2, 0.25) is 0 Å². The van der Waals surface area contributed by atoms with E-state index in [-0.39, 0.29) is 36.4 Å². The quantitative estimate of drug-likeness (QED) is 0.447. The lowest BCUT2D eigenvalue weighted by molar-refractivity contribution is -0.124. The van der Waals surface area contributed by atoms with Gasteiger partial charge in [-0.25, -0.2) is 4.39 Å². The lowest BCUT2D eigenvalue weighted by atomic mass is 9.99. The van der Waals surface area contributed by atoms with Crippen LogP contribution in [0.25, 0.3) is 28.1 Å². The summed E-state index contributed by atoms with van der Waals surface area (Å²) in [7, 11) is 0. The highest BCUT2D eigenvalue weighted by Crippen LogP contribution is 2.38. The molecule has 0 aliphatic heterocycles. The van der Waals surface area contributed by atoms with Crippen LogP contribution in [0.3, 0.4) is 0 Å². The lowest BCUT2D eigenvalue weighted by Gasteiger charge is -2.15. The van der Waals surface area contributed by atoms with Crippen molar-refractivity contribution in [2.75, 3.05) is 0 Å². The average molecular weight is 438 g/mol. The Bertz CT molecular complexity index is 1100. The molecule has 0 bridgehead atoms. The van der Waals surface area contributed by atoms with Crippen LogP contribution in [0, 0.1) is 11.7 Å². The minimum atomic E-state index is -0.898. The Morgan fingerprint density at radius 3 is 2.31 bits per heavy atom. The maximum absolute atomic E-state index is 13.6. The Morgan fingerprint density at radius 1 is 1.03 bits per heavy atom. The molecule has 0 spiro atoms. The van der Waals surface area contributed by atoms with E-state index in [2.05, 4.69) is 24.5 Å². The van der Waals surface area contributed by atoms with Crippen LogP contribution in [-0.4, -0.2) is 32.8 Å². The number of aliphatic hydroxyl groups excluding tert-OH is 2. The highest BCUT2D eigenvalue weighted by Gasteiger charge is 2.20. The van der Waals surface area contributed by atoms with Crippen molar-refractivity contribution in [1.82, 2.24) is 4.57 Å². The van der Waals surface area contributed by atoms with Gasteiger partial charge in [0, 0.05) is 47.0 Å². The Balaban J connectivity index is 1.99. The molecule has 0 saturated carbocycles. The number of aromatic nitrogens is 1. The third-order valence-corrected chi connectivity index (χ3v) is 5.67. The molecular formula is C27H32FNO3. The van der Waals surface area contributed by atoms with E-state index in [1.165, 1.54) is 12.1 Å². The van der Waals surface area contributed by atoms with Gasteiger partial charge < -0.3 is 14.8 Å². The molecular weight excluding hydrogens is 405 g/mol. The van der Waals surface area contributed by atoms with Crippen LogP contribution < -0.4 is 0 Å². The largest absolute Gasteiger partial charge is 0.393 e. The zero-order chi connectivity index (χ0) is 23.4. The smallest absolute Gasteiger partial charge is 0.137 e. The van der Waals surface area contributed by atoms with Crippen LogP contribution in [0.5, 0.6) is 0 Å². The van der Waals surface area contributed by atoms with Gasteiger partial charge >= 0.3 is 0 Å². The van der Waals surface area contributed by atoms with Crippen molar-refractivity contribution in [1.29, 1.82) is 0 Å². The standard InChI is InChI=1S/C27H32FNO3/c1-17(2)26(32)16-22(31)15-21(30)13-14-25-27(19-9-11-20(28)12-10-19)23-7-5-6-8-24(23)29(25)18(3)4/h5-14,17-18,21-22,30-31H,15-16H2,1-4H3/b14-13+/t21-,22-/m0/s1. The Kier molecular flexibility index (Phi) is 7.64. The van der Waals surface area contributed by atoms with E-state index in [1.807, 2.05) is 24.3 Å². The van der Waals surface area contributed by atoms with Gasteiger partial charge in [-0.15, -0.1) is 0 Å². The molecule has 1 heterocycles. The average Bonchev–Trinajstić information content (AvgIpc) is 3.07. The number of halogens is 1. The van der Waals surface area contributed by atoms with Crippen molar-refractivity contribution in [2.45, 2.75) is 58.8 Å². The van der Waals surface area contributed by atoms with Crippen molar-refractivity contribution >= 4 is 22.8 Å². The molecule has 0 fully saturated rings. The van der Waals surface area contributed by atoms with E-state index in [9.17, 15) is 19.4 Å². The molecule has 0 aliphatic carbocycles. The Labute approximate surface area is 189 Å². The van der Waals surface area contributed by atoms with Crippen LogP contribution in [-0.2, 0) is 4.79 Å². The van der Waals surface area contributed by atoms with Gasteiger partial charge in [0.2, 0.25) is 0 Å². The maximum atomic E-state index is 13.6. The summed E-state index contributed by atoms with van der Waals surface area (Å²) in [6, 6.07) is 14.6. The number of carbonyl (C=O) groups is 1. The minimum absolute atomic E-state index is 0.0211. The van der Waals surface area contributed by atoms with Gasteiger partial charge in [-0.2, -0.15) is 0 Å². The number of nitrogens with zero attached hydrogens (tertiary/aromatic N) is 1. The zero-order valence-electron chi connectivity index (χ0n) is 19.1. The number of Topliss-reactive ketones (excluding diaryl/α,β-unsaturated/α-hetero) is 1. The number of fused-ring (bicyclic) bond motifs is 1. The molecule has 3 rings (SSSR count). The molecule has 32 heavy (non-hydrogen) atoms. The maximum Gasteiger partial charge on any atom is 0.137 e. The molecule has 0 amide bonds. The highest BCUT2D eigenvalue weighted by atomic mass is 19.1. The molecule has 0 radical (unpaired) electrons. The first-order valence-corrected chi connectivity index (χ1v) is 11.1. The van der Waals surface area contributed by atoms with Gasteiger partial charge in [0.05, 0.1) is 12.2 Å². The summed E-state index contributed by atoms with van der Waals surface area (Å²) in [5, 5.41) is 21.8. The van der Waals surface area contributed by atoms with E-state index in [0.29, 0.717) is 0 Å². The van der Waals surface area contributed by atoms with Crippen molar-refractivity contribution in [2.24, 2.45) is 5.92 Å². The summed E-state index contributed by atoms with van der Waals surface area (Å²) in [5.41, 5.74) is 3.81. The van der Waals surface area contributed by atoms with E-state index in [0.717, 1.165) is 27.7 Å². The van der Waals surface area contributed by atoms with Crippen LogP contribution in [0.15, 0.2) is 54.6 Å². The summed E-state index contributed by atoms with van der Waals surface area (Å²) >= 11 is 0. The molecule has 2 N–H and O–H groups in total. The second kappa shape index (κ2) is 10.2. The SMILES string of the molecule is CC(C)C(=O)C[C@@H](O)C[C@@H](O)/C=C/c1c(-c2ccc(F)cc2)c2ccccc2n1C(C)C. The first kappa shape index (κ1) is 23.9. The third-order valence-electron chi connectivity index (χ3n) is 5.67. The highest BCUT2D eigenvalue weighted by molar-refractivity contribution is 6.01. The van der Waals surface area contributed by atoms with Crippen molar-refractivity contribution in [3.63, 3.8) is 0 Å². The summed E-state index contributed by atoms with van der Waals surface area (Å²) in [6.07, 6.45) is 1.85. The number of hydrogen-bond donors (Lipinski definition) is 2. The fourth-order valence-electron chi connectivity index (χ4n) is 4.03. The first-order chi connectivity index (χ1) is 15.2. The molecule has 1 aromatic heterocycles. The normalized spacial score (nSPS) is 14.0. The lowest BCUT2D eigenvalue weighted by Crippen LogP contribution is -2.21. The van der Waals surface area contributed by atoms with Gasteiger partial charge in [0.1, 0.15) is 11.6 Å². The number of para-hydroxylation sites is 1. The molecule has 170 valence electrons. The molecule has 0 saturated heterocycles. The predicted octanol–water partition coefficient (Wildman–Crippen LogP) is 5.77. The Hall–Kier alpha value is -2.76. The summed E-state index contributed by atoms with van der Waals surface area (Å²) in [5.74, 6) is -0.455. The topological polar surface area (TPSA) is 62.5 Å². The van der Waals surface area contributed by atoms with E-state index >= 15 is 0 Å². The molecule has 0 unspecified atom stereocenters. The van der Waals surface area contributed by atoms with E-state index in [4.69, 9.17) is 0 Å². The summed E-state index contributed by atoms with van der Waals surface area (Å²) < 4.78 is 15.8. The summed E-state index contributed by atoms with van der Waals surface area (Å²) in [4.78, 5) is 11.9. The minimum Gasteiger partial charge on any atom is -0.393 e. The molecule has 2 atom stereocenters. The van der Waals surface area contributed by atoms with Crippen molar-refractivity contribution < 1.29 is 19.4 Å². The molecule has 3 aromatic rings. The van der Waals surface area contributed by atoms with Crippen molar-refractivity contribution in [3.8, 4) is 11.1 Å². The number of ketones is 1. The molecule has 4 nitrogen and oxygen atoms in total. The van der Waals surface area contributed by atoms with Gasteiger partial charge in [0.15, 0.2) is 0 Å².